The average molecular weight is 268 g/mol. The Balaban J connectivity index is 2.07. The summed E-state index contributed by atoms with van der Waals surface area (Å²) >= 11 is 1.65. The lowest BCUT2D eigenvalue weighted by Gasteiger charge is -2.02. The lowest BCUT2D eigenvalue weighted by atomic mass is 10.1. The largest absolute Gasteiger partial charge is 0.323 e. The molecule has 0 aliphatic heterocycles. The van der Waals surface area contributed by atoms with E-state index in [9.17, 15) is 0 Å². The zero-order valence-electron chi connectivity index (χ0n) is 11.1. The molecule has 0 radical (unpaired) electrons. The number of hydrogen-bond acceptors (Lipinski definition) is 3. The smallest absolute Gasteiger partial charge is 0.123 e. The molecule has 0 saturated heterocycles. The highest BCUT2D eigenvalue weighted by Crippen LogP contribution is 2.28. The lowest BCUT2D eigenvalue weighted by Crippen LogP contribution is -2.04. The van der Waals surface area contributed by atoms with E-state index in [0.717, 1.165) is 16.3 Å². The molecule has 1 heterocycles. The molecule has 0 fully saturated rings. The molecule has 1 atom stereocenters. The third-order valence-corrected chi connectivity index (χ3v) is 4.14. The van der Waals surface area contributed by atoms with Gasteiger partial charge in [0, 0.05) is 17.0 Å². The summed E-state index contributed by atoms with van der Waals surface area (Å²) in [6, 6.07) is 13.0. The van der Waals surface area contributed by atoms with Crippen molar-refractivity contribution in [2.24, 2.45) is 5.73 Å². The van der Waals surface area contributed by atoms with Gasteiger partial charge in [-0.05, 0) is 30.7 Å². The number of hydrogen-bond donors (Lipinski definition) is 1. The molecule has 19 heavy (non-hydrogen) atoms. The van der Waals surface area contributed by atoms with Crippen molar-refractivity contribution < 1.29 is 0 Å². The van der Waals surface area contributed by atoms with Crippen LogP contribution in [0.1, 0.15) is 24.2 Å². The minimum Gasteiger partial charge on any atom is -0.323 e. The third-order valence-electron chi connectivity index (χ3n) is 3.23. The van der Waals surface area contributed by atoms with Gasteiger partial charge in [0.2, 0.25) is 0 Å². The molecule has 1 unspecified atom stereocenters. The van der Waals surface area contributed by atoms with Crippen LogP contribution in [0, 0.1) is 6.92 Å². The van der Waals surface area contributed by atoms with Gasteiger partial charge >= 0.3 is 0 Å². The molecule has 0 bridgehead atoms. The van der Waals surface area contributed by atoms with Gasteiger partial charge in [-0.15, -0.1) is 11.3 Å². The van der Waals surface area contributed by atoms with E-state index in [1.807, 2.05) is 12.3 Å². The van der Waals surface area contributed by atoms with Crippen LogP contribution in [0.5, 0.6) is 0 Å². The predicted molar refractivity (Wildman–Crippen MR) is 82.4 cm³/mol. The molecule has 0 aliphatic carbocycles. The van der Waals surface area contributed by atoms with Gasteiger partial charge in [0.15, 0.2) is 0 Å². The molecule has 2 nitrogen and oxygen atoms in total. The molecule has 0 aliphatic rings. The van der Waals surface area contributed by atoms with Crippen molar-refractivity contribution in [1.82, 2.24) is 4.98 Å². The molecular weight excluding hydrogens is 252 g/mol. The van der Waals surface area contributed by atoms with E-state index >= 15 is 0 Å². The summed E-state index contributed by atoms with van der Waals surface area (Å²) in [7, 11) is 0. The quantitative estimate of drug-likeness (QED) is 0.753. The van der Waals surface area contributed by atoms with E-state index in [4.69, 9.17) is 5.73 Å². The van der Waals surface area contributed by atoms with Crippen LogP contribution >= 0.6 is 11.3 Å². The number of rotatable bonds is 2. The Morgan fingerprint density at radius 2 is 1.84 bits per heavy atom. The first kappa shape index (κ1) is 12.3. The zero-order valence-corrected chi connectivity index (χ0v) is 11.9. The summed E-state index contributed by atoms with van der Waals surface area (Å²) in [4.78, 5) is 4.60. The van der Waals surface area contributed by atoms with Crippen molar-refractivity contribution in [2.45, 2.75) is 19.9 Å². The van der Waals surface area contributed by atoms with Crippen molar-refractivity contribution >= 4 is 22.1 Å². The summed E-state index contributed by atoms with van der Waals surface area (Å²) < 4.78 is 0. The Morgan fingerprint density at radius 3 is 2.58 bits per heavy atom. The minimum absolute atomic E-state index is 0.00638. The van der Waals surface area contributed by atoms with Gasteiger partial charge in [0.1, 0.15) is 5.01 Å². The van der Waals surface area contributed by atoms with Crippen molar-refractivity contribution in [1.29, 1.82) is 0 Å². The Bertz CT molecular complexity index is 728. The van der Waals surface area contributed by atoms with Crippen LogP contribution in [0.4, 0.5) is 0 Å². The fourth-order valence-corrected chi connectivity index (χ4v) is 3.05. The molecule has 2 aromatic carbocycles. The van der Waals surface area contributed by atoms with Gasteiger partial charge in [0.25, 0.3) is 0 Å². The Kier molecular flexibility index (Phi) is 3.09. The number of fused-ring (bicyclic) bond motifs is 1. The van der Waals surface area contributed by atoms with Crippen molar-refractivity contribution in [3.8, 4) is 10.6 Å². The van der Waals surface area contributed by atoms with Crippen LogP contribution in [0.15, 0.2) is 41.8 Å². The van der Waals surface area contributed by atoms with Crippen LogP contribution in [0.2, 0.25) is 0 Å². The number of nitrogens with two attached hydrogens (primary N) is 1. The summed E-state index contributed by atoms with van der Waals surface area (Å²) in [5, 5.41) is 5.60. The van der Waals surface area contributed by atoms with E-state index in [1.54, 1.807) is 11.3 Å². The molecule has 3 rings (SSSR count). The molecule has 0 spiro atoms. The van der Waals surface area contributed by atoms with Gasteiger partial charge in [-0.1, -0.05) is 35.9 Å². The summed E-state index contributed by atoms with van der Waals surface area (Å²) in [6.45, 7) is 4.07. The summed E-state index contributed by atoms with van der Waals surface area (Å²) in [6.07, 6.45) is 0. The van der Waals surface area contributed by atoms with Crippen molar-refractivity contribution in [3.05, 3.63) is 53.0 Å². The van der Waals surface area contributed by atoms with Gasteiger partial charge in [0.05, 0.1) is 5.69 Å². The van der Waals surface area contributed by atoms with Gasteiger partial charge in [-0.3, -0.25) is 0 Å². The molecule has 96 valence electrons. The van der Waals surface area contributed by atoms with E-state index in [-0.39, 0.29) is 6.04 Å². The van der Waals surface area contributed by atoms with Crippen LogP contribution in [0.3, 0.4) is 0 Å². The second-order valence-electron chi connectivity index (χ2n) is 4.93. The summed E-state index contributed by atoms with van der Waals surface area (Å²) in [5.74, 6) is 0. The Morgan fingerprint density at radius 1 is 1.11 bits per heavy atom. The standard InChI is InChI=1S/C16H16N2S/c1-10-3-4-13-8-14(6-5-12(13)7-10)16-18-15(9-19-16)11(2)17/h3-9,11H,17H2,1-2H3. The maximum absolute atomic E-state index is 5.86. The van der Waals surface area contributed by atoms with Crippen LogP contribution in [-0.4, -0.2) is 4.98 Å². The predicted octanol–water partition coefficient (Wildman–Crippen LogP) is 4.29. The number of benzene rings is 2. The number of aryl methyl sites for hydroxylation is 1. The number of aromatic nitrogens is 1. The second-order valence-corrected chi connectivity index (χ2v) is 5.79. The molecule has 0 amide bonds. The zero-order chi connectivity index (χ0) is 13.4. The van der Waals surface area contributed by atoms with E-state index < -0.39 is 0 Å². The number of nitrogens with zero attached hydrogens (tertiary/aromatic N) is 1. The maximum Gasteiger partial charge on any atom is 0.123 e. The van der Waals surface area contributed by atoms with E-state index in [1.165, 1.54) is 16.3 Å². The van der Waals surface area contributed by atoms with E-state index in [2.05, 4.69) is 48.3 Å². The molecule has 3 heteroatoms. The second kappa shape index (κ2) is 4.76. The SMILES string of the molecule is Cc1ccc2cc(-c3nc(C(C)N)cs3)ccc2c1. The molecule has 3 aromatic rings. The lowest BCUT2D eigenvalue weighted by molar-refractivity contribution is 0.790. The van der Waals surface area contributed by atoms with Crippen molar-refractivity contribution in [2.75, 3.05) is 0 Å². The molecule has 1 aromatic heterocycles. The number of thiazole rings is 1. The maximum atomic E-state index is 5.86. The summed E-state index contributed by atoms with van der Waals surface area (Å²) in [5.41, 5.74) is 9.26. The fourth-order valence-electron chi connectivity index (χ4n) is 2.13. The molecular formula is C16H16N2S. The Hall–Kier alpha value is -1.71. The normalized spacial score (nSPS) is 12.8. The monoisotopic (exact) mass is 268 g/mol. The van der Waals surface area contributed by atoms with Crippen LogP contribution in [-0.2, 0) is 0 Å². The van der Waals surface area contributed by atoms with Gasteiger partial charge < -0.3 is 5.73 Å². The van der Waals surface area contributed by atoms with Crippen molar-refractivity contribution in [3.63, 3.8) is 0 Å². The molecule has 0 saturated carbocycles. The first-order valence-electron chi connectivity index (χ1n) is 6.35. The van der Waals surface area contributed by atoms with E-state index in [0.29, 0.717) is 0 Å². The highest BCUT2D eigenvalue weighted by atomic mass is 32.1. The third kappa shape index (κ3) is 2.39. The first-order chi connectivity index (χ1) is 9.13. The van der Waals surface area contributed by atoms with Crippen LogP contribution < -0.4 is 5.73 Å². The van der Waals surface area contributed by atoms with Gasteiger partial charge in [-0.2, -0.15) is 0 Å². The molecule has 2 N–H and O–H groups in total. The Labute approximate surface area is 116 Å². The fraction of sp³-hybridized carbons (Fsp3) is 0.188. The highest BCUT2D eigenvalue weighted by Gasteiger charge is 2.08. The topological polar surface area (TPSA) is 38.9 Å². The van der Waals surface area contributed by atoms with Gasteiger partial charge in [-0.25, -0.2) is 4.98 Å². The highest BCUT2D eigenvalue weighted by molar-refractivity contribution is 7.13. The van der Waals surface area contributed by atoms with Crippen LogP contribution in [0.25, 0.3) is 21.3 Å². The average Bonchev–Trinajstić information content (AvgIpc) is 2.88. The first-order valence-corrected chi connectivity index (χ1v) is 7.23. The minimum atomic E-state index is -0.00638.